The predicted molar refractivity (Wildman–Crippen MR) is 202 cm³/mol. The summed E-state index contributed by atoms with van der Waals surface area (Å²) in [4.78, 5) is 82.2. The van der Waals surface area contributed by atoms with Crippen molar-refractivity contribution < 1.29 is 33.5 Å². The van der Waals surface area contributed by atoms with Crippen molar-refractivity contribution in [2.45, 2.75) is 116 Å². The molecule has 4 aliphatic rings. The van der Waals surface area contributed by atoms with E-state index in [-0.39, 0.29) is 29.8 Å². The highest BCUT2D eigenvalue weighted by Crippen LogP contribution is 2.65. The van der Waals surface area contributed by atoms with Crippen LogP contribution in [0.1, 0.15) is 91.5 Å². The van der Waals surface area contributed by atoms with Gasteiger partial charge in [-0.05, 0) is 64.5 Å². The largest absolute Gasteiger partial charge is 0.459 e. The Hall–Kier alpha value is -4.74. The van der Waals surface area contributed by atoms with Crippen LogP contribution in [0.2, 0.25) is 0 Å². The summed E-state index contributed by atoms with van der Waals surface area (Å²) in [5.41, 5.74) is 6.04. The minimum atomic E-state index is -1.26. The van der Waals surface area contributed by atoms with Crippen LogP contribution < -0.4 is 21.7 Å². The maximum Gasteiger partial charge on any atom is 0.332 e. The first kappa shape index (κ1) is 39.0. The van der Waals surface area contributed by atoms with E-state index in [2.05, 4.69) is 29.8 Å². The average molecular weight is 742 g/mol. The van der Waals surface area contributed by atoms with Gasteiger partial charge in [0.2, 0.25) is 17.6 Å². The van der Waals surface area contributed by atoms with Crippen LogP contribution >= 0.6 is 0 Å². The molecular formula is C42H55N5O7. The maximum atomic E-state index is 14.5. The number of Topliss-reactive ketones (excluding diaryl/α,β-unsaturated/α-hetero) is 1. The van der Waals surface area contributed by atoms with Crippen molar-refractivity contribution in [1.82, 2.24) is 20.9 Å². The summed E-state index contributed by atoms with van der Waals surface area (Å²) in [5.74, 6) is -3.28. The molecule has 12 nitrogen and oxygen atoms in total. The van der Waals surface area contributed by atoms with Crippen LogP contribution in [-0.4, -0.2) is 70.6 Å². The zero-order valence-electron chi connectivity index (χ0n) is 32.1. The lowest BCUT2D eigenvalue weighted by Gasteiger charge is -2.39. The van der Waals surface area contributed by atoms with Crippen molar-refractivity contribution in [2.24, 2.45) is 34.3 Å². The van der Waals surface area contributed by atoms with Crippen LogP contribution in [0.4, 0.5) is 4.79 Å². The molecule has 2 aromatic carbocycles. The molecule has 5 atom stereocenters. The number of esters is 1. The van der Waals surface area contributed by atoms with Crippen LogP contribution in [0.3, 0.4) is 0 Å². The number of piperidine rings is 1. The molecule has 290 valence electrons. The van der Waals surface area contributed by atoms with E-state index in [1.807, 2.05) is 75.4 Å². The van der Waals surface area contributed by atoms with E-state index in [0.29, 0.717) is 25.8 Å². The van der Waals surface area contributed by atoms with Gasteiger partial charge < -0.3 is 31.3 Å². The van der Waals surface area contributed by atoms with Gasteiger partial charge in [0, 0.05) is 6.54 Å². The maximum absolute atomic E-state index is 14.5. The Morgan fingerprint density at radius 3 is 2.11 bits per heavy atom. The number of likely N-dealkylation sites (tertiary alicyclic amines) is 1. The number of fused-ring (bicyclic) bond motifs is 1. The molecule has 1 unspecified atom stereocenters. The van der Waals surface area contributed by atoms with Crippen LogP contribution in [0, 0.1) is 28.6 Å². The smallest absolute Gasteiger partial charge is 0.332 e. The average Bonchev–Trinajstić information content (AvgIpc) is 4.00. The number of ether oxygens (including phenoxy) is 1. The lowest BCUT2D eigenvalue weighted by atomic mass is 9.81. The molecule has 0 spiro atoms. The summed E-state index contributed by atoms with van der Waals surface area (Å²) >= 11 is 0. The van der Waals surface area contributed by atoms with Crippen molar-refractivity contribution in [3.63, 3.8) is 0 Å². The first-order chi connectivity index (χ1) is 25.5. The van der Waals surface area contributed by atoms with E-state index in [1.165, 1.54) is 4.90 Å². The van der Waals surface area contributed by atoms with Crippen molar-refractivity contribution in [3.8, 4) is 11.1 Å². The normalized spacial score (nSPS) is 23.6. The fourth-order valence-electron chi connectivity index (χ4n) is 8.61. The second kappa shape index (κ2) is 15.2. The van der Waals surface area contributed by atoms with Gasteiger partial charge in [-0.15, -0.1) is 0 Å². The van der Waals surface area contributed by atoms with Gasteiger partial charge in [0.1, 0.15) is 24.2 Å². The lowest BCUT2D eigenvalue weighted by molar-refractivity contribution is -0.154. The molecule has 0 aromatic heterocycles. The Balaban J connectivity index is 1.14. The van der Waals surface area contributed by atoms with Crippen molar-refractivity contribution in [2.75, 3.05) is 6.54 Å². The van der Waals surface area contributed by atoms with E-state index in [9.17, 15) is 28.8 Å². The Labute approximate surface area is 317 Å². The van der Waals surface area contributed by atoms with Crippen LogP contribution in [0.15, 0.2) is 54.6 Å². The number of hydrogen-bond acceptors (Lipinski definition) is 7. The number of ketones is 1. The second-order valence-corrected chi connectivity index (χ2v) is 17.5. The summed E-state index contributed by atoms with van der Waals surface area (Å²) in [6, 6.07) is 14.1. The number of amides is 5. The molecule has 4 fully saturated rings. The monoisotopic (exact) mass is 741 g/mol. The highest BCUT2D eigenvalue weighted by atomic mass is 16.5. The standard InChI is InChI=1S/C42H55N5O7/c1-40(2,3)34(37(51)47-23-29-31(41(29,4)5)32(47)36(50)44-30(22-25-14-15-25)33(48)35(43)49)45-39(53)46-42(20-10-7-11-21-42)38(52)54-24-26-16-18-28(19-17-26)27-12-8-6-9-13-27/h6,8-9,12-13,16-19,25,29-32,34H,7,10-11,14-15,20-24H2,1-5H3,(H2,43,49)(H,44,50)(H2,45,46,53)/t29-,30?,31-,32-,34+/m0/s1. The van der Waals surface area contributed by atoms with E-state index in [4.69, 9.17) is 10.5 Å². The highest BCUT2D eigenvalue weighted by Gasteiger charge is 2.70. The molecule has 2 aromatic rings. The number of nitrogens with two attached hydrogens (primary N) is 1. The molecule has 54 heavy (non-hydrogen) atoms. The van der Waals surface area contributed by atoms with Gasteiger partial charge in [0.05, 0.1) is 6.04 Å². The lowest BCUT2D eigenvalue weighted by Crippen LogP contribution is -2.64. The third-order valence-electron chi connectivity index (χ3n) is 12.2. The minimum Gasteiger partial charge on any atom is -0.459 e. The van der Waals surface area contributed by atoms with Crippen LogP contribution in [-0.2, 0) is 35.3 Å². The number of carbonyl (C=O) groups excluding carboxylic acids is 6. The van der Waals surface area contributed by atoms with Gasteiger partial charge in [-0.1, -0.05) is 121 Å². The van der Waals surface area contributed by atoms with Gasteiger partial charge in [0.25, 0.3) is 5.91 Å². The fourth-order valence-corrected chi connectivity index (χ4v) is 8.61. The summed E-state index contributed by atoms with van der Waals surface area (Å²) in [6.07, 6.45) is 5.32. The van der Waals surface area contributed by atoms with Crippen LogP contribution in [0.25, 0.3) is 11.1 Å². The van der Waals surface area contributed by atoms with E-state index in [1.54, 1.807) is 0 Å². The number of rotatable bonds is 13. The molecule has 5 amide bonds. The van der Waals surface area contributed by atoms with Crippen molar-refractivity contribution in [3.05, 3.63) is 60.2 Å². The highest BCUT2D eigenvalue weighted by molar-refractivity contribution is 6.37. The summed E-state index contributed by atoms with van der Waals surface area (Å²) < 4.78 is 5.83. The van der Waals surface area contributed by atoms with E-state index >= 15 is 0 Å². The molecule has 0 radical (unpaired) electrons. The zero-order chi connectivity index (χ0) is 39.0. The van der Waals surface area contributed by atoms with Gasteiger partial charge in [-0.2, -0.15) is 0 Å². The number of benzene rings is 2. The van der Waals surface area contributed by atoms with E-state index < -0.39 is 64.6 Å². The Morgan fingerprint density at radius 1 is 0.889 bits per heavy atom. The Bertz CT molecular complexity index is 1760. The molecule has 3 aliphatic carbocycles. The first-order valence-corrected chi connectivity index (χ1v) is 19.4. The molecule has 1 saturated heterocycles. The van der Waals surface area contributed by atoms with Gasteiger partial charge >= 0.3 is 12.0 Å². The number of carbonyl (C=O) groups is 6. The number of primary amides is 1. The topological polar surface area (TPSA) is 177 Å². The SMILES string of the molecule is CC(C)(C)[C@H](NC(=O)NC1(C(=O)OCc2ccc(-c3ccccc3)cc2)CCCCC1)C(=O)N1C[C@H]2[C@@H]([C@H]1C(=O)NC(CC1CC1)C(=O)C(N)=O)C2(C)C. The predicted octanol–water partition coefficient (Wildman–Crippen LogP) is 4.64. The van der Waals surface area contributed by atoms with Crippen molar-refractivity contribution >= 4 is 35.5 Å². The molecule has 3 saturated carbocycles. The number of nitrogens with zero attached hydrogens (tertiary/aromatic N) is 1. The molecule has 6 rings (SSSR count). The number of hydrogen-bond donors (Lipinski definition) is 4. The fraction of sp³-hybridized carbons (Fsp3) is 0.571. The summed E-state index contributed by atoms with van der Waals surface area (Å²) in [6.45, 7) is 9.95. The minimum absolute atomic E-state index is 0.0473. The Kier molecular flexibility index (Phi) is 11.0. The third-order valence-corrected chi connectivity index (χ3v) is 12.2. The second-order valence-electron chi connectivity index (χ2n) is 17.5. The Morgan fingerprint density at radius 2 is 1.52 bits per heavy atom. The van der Waals surface area contributed by atoms with Crippen molar-refractivity contribution in [1.29, 1.82) is 0 Å². The third kappa shape index (κ3) is 8.32. The number of nitrogens with one attached hydrogen (secondary N) is 3. The van der Waals surface area contributed by atoms with E-state index in [0.717, 1.165) is 48.8 Å². The zero-order valence-corrected chi connectivity index (χ0v) is 32.1. The van der Waals surface area contributed by atoms with Gasteiger partial charge in [-0.25, -0.2) is 9.59 Å². The molecule has 5 N–H and O–H groups in total. The van der Waals surface area contributed by atoms with Crippen LogP contribution in [0.5, 0.6) is 0 Å². The first-order valence-electron chi connectivity index (χ1n) is 19.4. The molecular weight excluding hydrogens is 686 g/mol. The summed E-state index contributed by atoms with van der Waals surface area (Å²) in [7, 11) is 0. The molecule has 12 heteroatoms. The summed E-state index contributed by atoms with van der Waals surface area (Å²) in [5, 5.41) is 8.59. The van der Waals surface area contributed by atoms with Gasteiger partial charge in [-0.3, -0.25) is 19.2 Å². The molecule has 1 heterocycles. The number of urea groups is 1. The molecule has 1 aliphatic heterocycles. The van der Waals surface area contributed by atoms with Gasteiger partial charge in [0.15, 0.2) is 0 Å². The quantitative estimate of drug-likeness (QED) is 0.171. The molecule has 0 bridgehead atoms.